The van der Waals surface area contributed by atoms with Crippen LogP contribution < -0.4 is 10.6 Å². The molecule has 24 heavy (non-hydrogen) atoms. The first-order valence-electron chi connectivity index (χ1n) is 9.65. The fourth-order valence-electron chi connectivity index (χ4n) is 2.95. The lowest BCUT2D eigenvalue weighted by atomic mass is 10.1. The predicted octanol–water partition coefficient (Wildman–Crippen LogP) is 1.96. The van der Waals surface area contributed by atoms with Gasteiger partial charge in [0.05, 0.1) is 0 Å². The molecule has 0 saturated carbocycles. The molecular weight excluding hydrogens is 318 g/mol. The van der Waals surface area contributed by atoms with Crippen molar-refractivity contribution < 1.29 is 0 Å². The summed E-state index contributed by atoms with van der Waals surface area (Å²) in [6.07, 6.45) is 4.65. The van der Waals surface area contributed by atoms with E-state index in [1.54, 1.807) is 0 Å². The van der Waals surface area contributed by atoms with Gasteiger partial charge in [0.25, 0.3) is 0 Å². The summed E-state index contributed by atoms with van der Waals surface area (Å²) >= 11 is 1.92. The monoisotopic (exact) mass is 357 g/mol. The fraction of sp³-hybridized carbons (Fsp3) is 0.944. The lowest BCUT2D eigenvalue weighted by molar-refractivity contribution is 0.125. The van der Waals surface area contributed by atoms with Crippen LogP contribution in [-0.2, 0) is 0 Å². The highest BCUT2D eigenvalue weighted by molar-refractivity contribution is 7.98. The van der Waals surface area contributed by atoms with E-state index >= 15 is 0 Å². The van der Waals surface area contributed by atoms with Gasteiger partial charge in [-0.05, 0) is 44.2 Å². The summed E-state index contributed by atoms with van der Waals surface area (Å²) in [6.45, 7) is 16.7. The summed E-state index contributed by atoms with van der Waals surface area (Å²) in [5.74, 6) is 2.83. The van der Waals surface area contributed by atoms with Crippen LogP contribution in [0.5, 0.6) is 0 Å². The lowest BCUT2D eigenvalue weighted by Gasteiger charge is -2.35. The molecule has 6 heteroatoms. The Bertz CT molecular complexity index is 329. The van der Waals surface area contributed by atoms with Crippen molar-refractivity contribution >= 4 is 17.7 Å². The Hall–Kier alpha value is -0.460. The minimum Gasteiger partial charge on any atom is -0.357 e. The Morgan fingerprint density at radius 1 is 1.08 bits per heavy atom. The molecule has 5 nitrogen and oxygen atoms in total. The second kappa shape index (κ2) is 13.8. The number of piperazine rings is 1. The largest absolute Gasteiger partial charge is 0.357 e. The van der Waals surface area contributed by atoms with Gasteiger partial charge in [-0.15, -0.1) is 0 Å². The van der Waals surface area contributed by atoms with Crippen LogP contribution in [0.25, 0.3) is 0 Å². The minimum atomic E-state index is 0.602. The molecule has 1 fully saturated rings. The third kappa shape index (κ3) is 9.74. The zero-order valence-corrected chi connectivity index (χ0v) is 17.1. The number of guanidine groups is 1. The van der Waals surface area contributed by atoms with Gasteiger partial charge in [-0.2, -0.15) is 11.8 Å². The van der Waals surface area contributed by atoms with Crippen LogP contribution in [0.3, 0.4) is 0 Å². The first kappa shape index (κ1) is 21.6. The fourth-order valence-corrected chi connectivity index (χ4v) is 3.45. The van der Waals surface area contributed by atoms with Gasteiger partial charge in [-0.1, -0.05) is 13.8 Å². The Morgan fingerprint density at radius 2 is 1.79 bits per heavy atom. The number of nitrogens with one attached hydrogen (secondary N) is 2. The maximum atomic E-state index is 4.78. The summed E-state index contributed by atoms with van der Waals surface area (Å²) in [4.78, 5) is 9.90. The first-order chi connectivity index (χ1) is 11.7. The Kier molecular flexibility index (Phi) is 12.4. The number of hydrogen-bond acceptors (Lipinski definition) is 4. The molecule has 0 spiro atoms. The number of likely N-dealkylation sites (N-methyl/N-ethyl adjacent to an activating group) is 1. The summed E-state index contributed by atoms with van der Waals surface area (Å²) in [5, 5.41) is 6.82. The number of unbranched alkanes of at least 4 members (excludes halogenated alkanes) is 1. The van der Waals surface area contributed by atoms with Gasteiger partial charge < -0.3 is 20.4 Å². The standard InChI is InChI=1S/C18H39N5S/c1-5-19-18(20-9-7-8-14-24-4)21-15-17(3)16-23-12-10-22(6-2)11-13-23/h17H,5-16H2,1-4H3,(H2,19,20,21). The van der Waals surface area contributed by atoms with E-state index in [0.29, 0.717) is 5.92 Å². The SMILES string of the molecule is CCNC(=NCC(C)CN1CCN(CC)CC1)NCCCCSC. The van der Waals surface area contributed by atoms with Crippen molar-refractivity contribution in [2.45, 2.75) is 33.6 Å². The summed E-state index contributed by atoms with van der Waals surface area (Å²) in [5.41, 5.74) is 0. The van der Waals surface area contributed by atoms with E-state index in [9.17, 15) is 0 Å². The number of aliphatic imine (C=N–C) groups is 1. The normalized spacial score (nSPS) is 18.6. The molecule has 0 bridgehead atoms. The van der Waals surface area contributed by atoms with E-state index in [-0.39, 0.29) is 0 Å². The van der Waals surface area contributed by atoms with Crippen LogP contribution >= 0.6 is 11.8 Å². The van der Waals surface area contributed by atoms with Crippen LogP contribution in [0.2, 0.25) is 0 Å². The third-order valence-electron chi connectivity index (χ3n) is 4.45. The summed E-state index contributed by atoms with van der Waals surface area (Å²) in [6, 6.07) is 0. The maximum absolute atomic E-state index is 4.78. The van der Waals surface area contributed by atoms with Gasteiger partial charge in [0, 0.05) is 52.4 Å². The molecule has 0 aromatic rings. The van der Waals surface area contributed by atoms with Crippen molar-refractivity contribution in [3.63, 3.8) is 0 Å². The molecule has 1 heterocycles. The maximum Gasteiger partial charge on any atom is 0.191 e. The van der Waals surface area contributed by atoms with E-state index in [0.717, 1.165) is 32.1 Å². The smallest absolute Gasteiger partial charge is 0.191 e. The van der Waals surface area contributed by atoms with Crippen molar-refractivity contribution in [3.8, 4) is 0 Å². The predicted molar refractivity (Wildman–Crippen MR) is 109 cm³/mol. The van der Waals surface area contributed by atoms with Gasteiger partial charge in [-0.3, -0.25) is 4.99 Å². The van der Waals surface area contributed by atoms with E-state index < -0.39 is 0 Å². The molecule has 0 aromatic heterocycles. The second-order valence-corrected chi connectivity index (χ2v) is 7.67. The van der Waals surface area contributed by atoms with Crippen molar-refractivity contribution in [1.82, 2.24) is 20.4 Å². The van der Waals surface area contributed by atoms with Crippen LogP contribution in [0.1, 0.15) is 33.6 Å². The van der Waals surface area contributed by atoms with Crippen LogP contribution in [0.15, 0.2) is 4.99 Å². The zero-order chi connectivity index (χ0) is 17.6. The van der Waals surface area contributed by atoms with Crippen molar-refractivity contribution in [1.29, 1.82) is 0 Å². The molecule has 142 valence electrons. The van der Waals surface area contributed by atoms with Gasteiger partial charge in [0.15, 0.2) is 5.96 Å². The van der Waals surface area contributed by atoms with Gasteiger partial charge >= 0.3 is 0 Å². The van der Waals surface area contributed by atoms with Crippen molar-refractivity contribution in [2.24, 2.45) is 10.9 Å². The third-order valence-corrected chi connectivity index (χ3v) is 5.15. The molecular formula is C18H39N5S. The summed E-state index contributed by atoms with van der Waals surface area (Å²) in [7, 11) is 0. The Labute approximate surface area is 154 Å². The van der Waals surface area contributed by atoms with E-state index in [1.165, 1.54) is 51.3 Å². The second-order valence-electron chi connectivity index (χ2n) is 6.69. The van der Waals surface area contributed by atoms with Crippen LogP contribution in [-0.4, -0.2) is 86.7 Å². The number of nitrogens with zero attached hydrogens (tertiary/aromatic N) is 3. The molecule has 1 atom stereocenters. The average molecular weight is 358 g/mol. The molecule has 0 aromatic carbocycles. The molecule has 1 unspecified atom stereocenters. The lowest BCUT2D eigenvalue weighted by Crippen LogP contribution is -2.47. The summed E-state index contributed by atoms with van der Waals surface area (Å²) < 4.78 is 0. The van der Waals surface area contributed by atoms with Gasteiger partial charge in [0.1, 0.15) is 0 Å². The van der Waals surface area contributed by atoms with Crippen molar-refractivity contribution in [3.05, 3.63) is 0 Å². The Balaban J connectivity index is 2.25. The van der Waals surface area contributed by atoms with E-state index in [2.05, 4.69) is 47.5 Å². The quantitative estimate of drug-likeness (QED) is 0.336. The van der Waals surface area contributed by atoms with Crippen LogP contribution in [0.4, 0.5) is 0 Å². The number of thioether (sulfide) groups is 1. The number of hydrogen-bond donors (Lipinski definition) is 2. The van der Waals surface area contributed by atoms with Crippen molar-refractivity contribution in [2.75, 3.05) is 70.9 Å². The number of rotatable bonds is 11. The van der Waals surface area contributed by atoms with E-state index in [1.807, 2.05) is 11.8 Å². The Morgan fingerprint density at radius 3 is 2.42 bits per heavy atom. The highest BCUT2D eigenvalue weighted by Crippen LogP contribution is 2.06. The molecule has 2 N–H and O–H groups in total. The molecule has 0 aliphatic carbocycles. The molecule has 1 saturated heterocycles. The zero-order valence-electron chi connectivity index (χ0n) is 16.3. The average Bonchev–Trinajstić information content (AvgIpc) is 2.60. The van der Waals surface area contributed by atoms with Crippen LogP contribution in [0, 0.1) is 5.92 Å². The van der Waals surface area contributed by atoms with Gasteiger partial charge in [-0.25, -0.2) is 0 Å². The highest BCUT2D eigenvalue weighted by Gasteiger charge is 2.17. The first-order valence-corrected chi connectivity index (χ1v) is 11.0. The topological polar surface area (TPSA) is 42.9 Å². The molecule has 1 aliphatic rings. The minimum absolute atomic E-state index is 0.602. The highest BCUT2D eigenvalue weighted by atomic mass is 32.2. The molecule has 1 rings (SSSR count). The molecule has 0 amide bonds. The van der Waals surface area contributed by atoms with E-state index in [4.69, 9.17) is 4.99 Å². The molecule has 1 aliphatic heterocycles. The van der Waals surface area contributed by atoms with Gasteiger partial charge in [0.2, 0.25) is 0 Å². The molecule has 0 radical (unpaired) electrons.